The molecule has 152 valence electrons. The van der Waals surface area contributed by atoms with E-state index in [1.165, 1.54) is 17.0 Å². The van der Waals surface area contributed by atoms with Crippen LogP contribution in [-0.2, 0) is 21.0 Å². The maximum absolute atomic E-state index is 13.0. The molecule has 1 aliphatic rings. The van der Waals surface area contributed by atoms with Crippen LogP contribution in [0, 0.1) is 5.92 Å². The number of rotatable bonds is 8. The van der Waals surface area contributed by atoms with E-state index in [0.717, 1.165) is 12.1 Å². The molecular weight excluding hydrogens is 381 g/mol. The zero-order chi connectivity index (χ0) is 20.2. The first-order valence-electron chi connectivity index (χ1n) is 8.93. The lowest BCUT2D eigenvalue weighted by Crippen LogP contribution is -2.39. The normalized spacial score (nSPS) is 17.0. The molecule has 1 unspecified atom stereocenters. The van der Waals surface area contributed by atoms with Crippen LogP contribution < -0.4 is 4.72 Å². The molecule has 1 aromatic carbocycles. The summed E-state index contributed by atoms with van der Waals surface area (Å²) in [6.07, 6.45) is -3.06. The van der Waals surface area contributed by atoms with Gasteiger partial charge in [0.05, 0.1) is 17.4 Å². The Balaban J connectivity index is 2.28. The van der Waals surface area contributed by atoms with Crippen LogP contribution in [0.2, 0.25) is 0 Å². The van der Waals surface area contributed by atoms with Crippen molar-refractivity contribution in [1.82, 2.24) is 9.62 Å². The SMILES string of the molecule is CC(C)CCS(=O)(=O)NC(CN1CCCC1=O)c1cccc(C(F)(F)F)c1. The summed E-state index contributed by atoms with van der Waals surface area (Å²) in [5.74, 6) is -0.0595. The fraction of sp³-hybridized carbons (Fsp3) is 0.611. The fourth-order valence-electron chi connectivity index (χ4n) is 2.93. The Bertz CT molecular complexity index is 763. The lowest BCUT2D eigenvalue weighted by atomic mass is 10.0. The van der Waals surface area contributed by atoms with Gasteiger partial charge in [-0.3, -0.25) is 4.79 Å². The van der Waals surface area contributed by atoms with E-state index < -0.39 is 27.8 Å². The number of carbonyl (C=O) groups is 1. The molecule has 1 N–H and O–H groups in total. The van der Waals surface area contributed by atoms with Crippen LogP contribution in [0.25, 0.3) is 0 Å². The summed E-state index contributed by atoms with van der Waals surface area (Å²) in [5.41, 5.74) is -0.656. The topological polar surface area (TPSA) is 66.5 Å². The Labute approximate surface area is 158 Å². The summed E-state index contributed by atoms with van der Waals surface area (Å²) >= 11 is 0. The smallest absolute Gasteiger partial charge is 0.341 e. The van der Waals surface area contributed by atoms with E-state index >= 15 is 0 Å². The number of sulfonamides is 1. The average molecular weight is 406 g/mol. The maximum Gasteiger partial charge on any atom is 0.416 e. The second-order valence-electron chi connectivity index (χ2n) is 7.24. The first-order chi connectivity index (χ1) is 12.5. The van der Waals surface area contributed by atoms with Crippen molar-refractivity contribution < 1.29 is 26.4 Å². The number of hydrogen-bond donors (Lipinski definition) is 1. The minimum Gasteiger partial charge on any atom is -0.341 e. The van der Waals surface area contributed by atoms with Gasteiger partial charge in [-0.15, -0.1) is 0 Å². The molecule has 2 rings (SSSR count). The van der Waals surface area contributed by atoms with Crippen molar-refractivity contribution in [3.8, 4) is 0 Å². The van der Waals surface area contributed by atoms with Crippen molar-refractivity contribution in [2.45, 2.75) is 45.3 Å². The summed E-state index contributed by atoms with van der Waals surface area (Å²) in [6, 6.07) is 3.65. The van der Waals surface area contributed by atoms with E-state index in [2.05, 4.69) is 4.72 Å². The van der Waals surface area contributed by atoms with Crippen molar-refractivity contribution in [3.63, 3.8) is 0 Å². The quantitative estimate of drug-likeness (QED) is 0.720. The van der Waals surface area contributed by atoms with Crippen LogP contribution in [0.5, 0.6) is 0 Å². The van der Waals surface area contributed by atoms with Gasteiger partial charge in [0.25, 0.3) is 0 Å². The monoisotopic (exact) mass is 406 g/mol. The Kier molecular flexibility index (Phi) is 6.91. The number of carbonyl (C=O) groups excluding carboxylic acids is 1. The van der Waals surface area contributed by atoms with E-state index in [0.29, 0.717) is 25.8 Å². The Morgan fingerprint density at radius 2 is 1.96 bits per heavy atom. The standard InChI is InChI=1S/C18H25F3N2O3S/c1-13(2)8-10-27(25,26)22-16(12-23-9-4-7-17(23)24)14-5-3-6-15(11-14)18(19,20)21/h3,5-6,11,13,16,22H,4,7-10,12H2,1-2H3. The number of alkyl halides is 3. The number of nitrogens with one attached hydrogen (secondary N) is 1. The third kappa shape index (κ3) is 6.49. The molecule has 5 nitrogen and oxygen atoms in total. The second kappa shape index (κ2) is 8.60. The third-order valence-corrected chi connectivity index (χ3v) is 5.89. The molecule has 1 aromatic rings. The molecule has 0 radical (unpaired) electrons. The highest BCUT2D eigenvalue weighted by Gasteiger charge is 2.32. The van der Waals surface area contributed by atoms with Gasteiger partial charge in [0.15, 0.2) is 0 Å². The summed E-state index contributed by atoms with van der Waals surface area (Å²) in [6.45, 7) is 4.27. The van der Waals surface area contributed by atoms with E-state index in [1.54, 1.807) is 0 Å². The lowest BCUT2D eigenvalue weighted by Gasteiger charge is -2.26. The highest BCUT2D eigenvalue weighted by Crippen LogP contribution is 2.31. The van der Waals surface area contributed by atoms with Crippen molar-refractivity contribution in [3.05, 3.63) is 35.4 Å². The molecule has 1 saturated heterocycles. The van der Waals surface area contributed by atoms with Gasteiger partial charge in [-0.2, -0.15) is 13.2 Å². The molecule has 1 fully saturated rings. The van der Waals surface area contributed by atoms with Crippen molar-refractivity contribution in [1.29, 1.82) is 0 Å². The van der Waals surface area contributed by atoms with Gasteiger partial charge in [-0.25, -0.2) is 13.1 Å². The summed E-state index contributed by atoms with van der Waals surface area (Å²) in [4.78, 5) is 13.4. The Morgan fingerprint density at radius 1 is 1.26 bits per heavy atom. The van der Waals surface area contributed by atoms with Gasteiger partial charge < -0.3 is 4.90 Å². The van der Waals surface area contributed by atoms with Gasteiger partial charge in [-0.1, -0.05) is 26.0 Å². The van der Waals surface area contributed by atoms with E-state index in [9.17, 15) is 26.4 Å². The molecule has 1 heterocycles. The molecule has 0 saturated carbocycles. The van der Waals surface area contributed by atoms with Gasteiger partial charge in [0, 0.05) is 19.5 Å². The van der Waals surface area contributed by atoms with Crippen LogP contribution in [-0.4, -0.2) is 38.1 Å². The molecule has 1 amide bonds. The second-order valence-corrected chi connectivity index (χ2v) is 9.11. The van der Waals surface area contributed by atoms with Crippen LogP contribution in [0.15, 0.2) is 24.3 Å². The maximum atomic E-state index is 13.0. The van der Waals surface area contributed by atoms with Crippen LogP contribution in [0.1, 0.15) is 50.3 Å². The highest BCUT2D eigenvalue weighted by molar-refractivity contribution is 7.89. The van der Waals surface area contributed by atoms with Gasteiger partial charge in [0.2, 0.25) is 15.9 Å². The molecule has 27 heavy (non-hydrogen) atoms. The number of benzene rings is 1. The molecule has 9 heteroatoms. The summed E-state index contributed by atoms with van der Waals surface area (Å²) in [5, 5.41) is 0. The third-order valence-electron chi connectivity index (χ3n) is 4.48. The van der Waals surface area contributed by atoms with Gasteiger partial charge >= 0.3 is 6.18 Å². The van der Waals surface area contributed by atoms with E-state index in [4.69, 9.17) is 0 Å². The van der Waals surface area contributed by atoms with Crippen LogP contribution in [0.4, 0.5) is 13.2 Å². The highest BCUT2D eigenvalue weighted by atomic mass is 32.2. The summed E-state index contributed by atoms with van der Waals surface area (Å²) in [7, 11) is -3.70. The van der Waals surface area contributed by atoms with E-state index in [1.807, 2.05) is 13.8 Å². The molecule has 1 atom stereocenters. The summed E-state index contributed by atoms with van der Waals surface area (Å²) < 4.78 is 66.5. The molecular formula is C18H25F3N2O3S. The van der Waals surface area contributed by atoms with E-state index in [-0.39, 0.29) is 29.7 Å². The number of likely N-dealkylation sites (tertiary alicyclic amines) is 1. The predicted molar refractivity (Wildman–Crippen MR) is 96.4 cm³/mol. The predicted octanol–water partition coefficient (Wildman–Crippen LogP) is 3.33. The molecule has 1 aliphatic heterocycles. The number of nitrogens with zero attached hydrogens (tertiary/aromatic N) is 1. The lowest BCUT2D eigenvalue weighted by molar-refractivity contribution is -0.137. The number of hydrogen-bond acceptors (Lipinski definition) is 3. The average Bonchev–Trinajstić information content (AvgIpc) is 2.97. The molecule has 0 bridgehead atoms. The fourth-order valence-corrected chi connectivity index (χ4v) is 4.47. The van der Waals surface area contributed by atoms with Gasteiger partial charge in [0.1, 0.15) is 0 Å². The molecule has 0 aliphatic carbocycles. The molecule has 0 aromatic heterocycles. The minimum atomic E-state index is -4.53. The Morgan fingerprint density at radius 3 is 2.52 bits per heavy atom. The molecule has 0 spiro atoms. The number of halogens is 3. The van der Waals surface area contributed by atoms with Crippen LogP contribution in [0.3, 0.4) is 0 Å². The minimum absolute atomic E-state index is 0.0149. The first kappa shape index (κ1) is 21.7. The van der Waals surface area contributed by atoms with Crippen molar-refractivity contribution in [2.24, 2.45) is 5.92 Å². The zero-order valence-corrected chi connectivity index (χ0v) is 16.2. The van der Waals surface area contributed by atoms with Gasteiger partial charge in [-0.05, 0) is 36.5 Å². The van der Waals surface area contributed by atoms with Crippen LogP contribution >= 0.6 is 0 Å². The zero-order valence-electron chi connectivity index (χ0n) is 15.4. The van der Waals surface area contributed by atoms with Crippen molar-refractivity contribution >= 4 is 15.9 Å². The Hall–Kier alpha value is -1.61. The number of amides is 1. The van der Waals surface area contributed by atoms with Crippen molar-refractivity contribution in [2.75, 3.05) is 18.8 Å². The first-order valence-corrected chi connectivity index (χ1v) is 10.6. The largest absolute Gasteiger partial charge is 0.416 e.